The fourth-order valence-corrected chi connectivity index (χ4v) is 2.46. The molecule has 1 heteroatoms. The van der Waals surface area contributed by atoms with Gasteiger partial charge >= 0.3 is 0 Å². The van der Waals surface area contributed by atoms with Gasteiger partial charge in [0, 0.05) is 0 Å². The second-order valence-corrected chi connectivity index (χ2v) is 4.97. The minimum absolute atomic E-state index is 0.348. The molecule has 0 aromatic heterocycles. The van der Waals surface area contributed by atoms with Crippen molar-refractivity contribution in [1.29, 1.82) is 0 Å². The minimum atomic E-state index is 0.348. The van der Waals surface area contributed by atoms with Crippen LogP contribution in [0.3, 0.4) is 0 Å². The van der Waals surface area contributed by atoms with Gasteiger partial charge in [0.1, 0.15) is 0 Å². The Morgan fingerprint density at radius 2 is 1.23 bits per heavy atom. The fraction of sp³-hybridized carbons (Fsp3) is 1.00. The van der Waals surface area contributed by atoms with Crippen LogP contribution < -0.4 is 0 Å². The van der Waals surface area contributed by atoms with Gasteiger partial charge < -0.3 is 4.74 Å². The first-order valence-electron chi connectivity index (χ1n) is 5.94. The van der Waals surface area contributed by atoms with Crippen molar-refractivity contribution in [3.63, 3.8) is 0 Å². The summed E-state index contributed by atoms with van der Waals surface area (Å²) in [6.45, 7) is 4.53. The molecule has 0 atom stereocenters. The molecule has 2 aliphatic carbocycles. The molecule has 1 nitrogen and oxygen atoms in total. The van der Waals surface area contributed by atoms with Crippen molar-refractivity contribution in [2.75, 3.05) is 0 Å². The van der Waals surface area contributed by atoms with Crippen molar-refractivity contribution >= 4 is 0 Å². The van der Waals surface area contributed by atoms with Gasteiger partial charge in [-0.3, -0.25) is 0 Å². The summed E-state index contributed by atoms with van der Waals surface area (Å²) >= 11 is 0. The molecular formula is C12H22O. The summed E-state index contributed by atoms with van der Waals surface area (Å²) in [7, 11) is 0. The maximum atomic E-state index is 6.33. The lowest BCUT2D eigenvalue weighted by atomic mass is 10.1. The first kappa shape index (κ1) is 9.51. The molecule has 0 heterocycles. The normalized spacial score (nSPS) is 27.2. The molecule has 0 spiro atoms. The number of ether oxygens (including phenoxy) is 1. The minimum Gasteiger partial charge on any atom is -0.369 e. The number of hydrogen-bond acceptors (Lipinski definition) is 1. The Morgan fingerprint density at radius 3 is 1.46 bits per heavy atom. The van der Waals surface area contributed by atoms with Crippen LogP contribution in [0.25, 0.3) is 0 Å². The summed E-state index contributed by atoms with van der Waals surface area (Å²) in [6, 6.07) is 0. The Kier molecular flexibility index (Phi) is 2.39. The highest BCUT2D eigenvalue weighted by Crippen LogP contribution is 2.54. The Bertz CT molecular complexity index is 158. The molecule has 2 fully saturated rings. The average Bonchev–Trinajstić information content (AvgIpc) is 2.95. The lowest BCUT2D eigenvalue weighted by Gasteiger charge is -2.23. The van der Waals surface area contributed by atoms with Gasteiger partial charge in [0.05, 0.1) is 11.2 Å². The van der Waals surface area contributed by atoms with E-state index in [1.54, 1.807) is 0 Å². The van der Waals surface area contributed by atoms with E-state index in [9.17, 15) is 0 Å². The van der Waals surface area contributed by atoms with Crippen LogP contribution in [0.15, 0.2) is 0 Å². The van der Waals surface area contributed by atoms with Crippen LogP contribution in [0.2, 0.25) is 0 Å². The van der Waals surface area contributed by atoms with E-state index in [2.05, 4.69) is 13.8 Å². The maximum Gasteiger partial charge on any atom is 0.0692 e. The first-order chi connectivity index (χ1) is 6.24. The molecule has 13 heavy (non-hydrogen) atoms. The third-order valence-corrected chi connectivity index (χ3v) is 3.46. The molecule has 2 saturated carbocycles. The quantitative estimate of drug-likeness (QED) is 0.609. The molecule has 0 N–H and O–H groups in total. The molecule has 0 unspecified atom stereocenters. The van der Waals surface area contributed by atoms with E-state index in [-0.39, 0.29) is 0 Å². The molecule has 0 amide bonds. The second-order valence-electron chi connectivity index (χ2n) is 4.97. The van der Waals surface area contributed by atoms with Gasteiger partial charge in [-0.1, -0.05) is 26.7 Å². The lowest BCUT2D eigenvalue weighted by molar-refractivity contribution is -0.0562. The zero-order chi connectivity index (χ0) is 9.36. The van der Waals surface area contributed by atoms with Gasteiger partial charge in [0.15, 0.2) is 0 Å². The standard InChI is InChI=1S/C12H22O/c1-3-5-11(7-8-11)13-12(6-4-2)9-10-12/h3-10H2,1-2H3. The van der Waals surface area contributed by atoms with Crippen LogP contribution in [0, 0.1) is 0 Å². The SMILES string of the molecule is CCCC1(OC2(CCC)CC2)CC1. The van der Waals surface area contributed by atoms with Crippen molar-refractivity contribution < 1.29 is 4.74 Å². The summed E-state index contributed by atoms with van der Waals surface area (Å²) in [5, 5.41) is 0. The van der Waals surface area contributed by atoms with Gasteiger partial charge in [0.25, 0.3) is 0 Å². The van der Waals surface area contributed by atoms with Crippen LogP contribution in [-0.2, 0) is 4.74 Å². The van der Waals surface area contributed by atoms with Gasteiger partial charge in [-0.15, -0.1) is 0 Å². The molecule has 0 saturated heterocycles. The molecule has 0 aromatic carbocycles. The molecule has 0 radical (unpaired) electrons. The molecule has 2 rings (SSSR count). The van der Waals surface area contributed by atoms with Gasteiger partial charge in [-0.05, 0) is 38.5 Å². The number of hydrogen-bond donors (Lipinski definition) is 0. The predicted molar refractivity (Wildman–Crippen MR) is 54.8 cm³/mol. The Balaban J connectivity index is 1.83. The van der Waals surface area contributed by atoms with Crippen LogP contribution in [0.1, 0.15) is 65.2 Å². The summed E-state index contributed by atoms with van der Waals surface area (Å²) < 4.78 is 6.33. The summed E-state index contributed by atoms with van der Waals surface area (Å²) in [6.07, 6.45) is 10.4. The monoisotopic (exact) mass is 182 g/mol. The second kappa shape index (κ2) is 3.27. The van der Waals surface area contributed by atoms with Crippen molar-refractivity contribution in [1.82, 2.24) is 0 Å². The van der Waals surface area contributed by atoms with Crippen molar-refractivity contribution in [2.24, 2.45) is 0 Å². The zero-order valence-electron chi connectivity index (χ0n) is 9.07. The topological polar surface area (TPSA) is 9.23 Å². The highest BCUT2D eigenvalue weighted by molar-refractivity contribution is 5.04. The van der Waals surface area contributed by atoms with Crippen LogP contribution >= 0.6 is 0 Å². The Hall–Kier alpha value is -0.0400. The van der Waals surface area contributed by atoms with E-state index >= 15 is 0 Å². The summed E-state index contributed by atoms with van der Waals surface area (Å²) in [5.74, 6) is 0. The maximum absolute atomic E-state index is 6.33. The van der Waals surface area contributed by atoms with E-state index < -0.39 is 0 Å². The molecule has 0 aromatic rings. The first-order valence-corrected chi connectivity index (χ1v) is 5.94. The van der Waals surface area contributed by atoms with E-state index in [0.717, 1.165) is 0 Å². The van der Waals surface area contributed by atoms with Crippen molar-refractivity contribution in [2.45, 2.75) is 76.4 Å². The van der Waals surface area contributed by atoms with E-state index in [0.29, 0.717) is 11.2 Å². The average molecular weight is 182 g/mol. The van der Waals surface area contributed by atoms with Crippen LogP contribution in [-0.4, -0.2) is 11.2 Å². The molecule has 2 aliphatic rings. The van der Waals surface area contributed by atoms with Crippen molar-refractivity contribution in [3.05, 3.63) is 0 Å². The van der Waals surface area contributed by atoms with Gasteiger partial charge in [-0.2, -0.15) is 0 Å². The molecule has 0 aliphatic heterocycles. The summed E-state index contributed by atoms with van der Waals surface area (Å²) in [5.41, 5.74) is 0.695. The highest BCUT2D eigenvalue weighted by atomic mass is 16.5. The Labute approximate surface area is 81.9 Å². The zero-order valence-corrected chi connectivity index (χ0v) is 9.07. The van der Waals surface area contributed by atoms with Gasteiger partial charge in [0.2, 0.25) is 0 Å². The van der Waals surface area contributed by atoms with E-state index in [1.165, 1.54) is 51.4 Å². The highest BCUT2D eigenvalue weighted by Gasteiger charge is 2.53. The predicted octanol–water partition coefficient (Wildman–Crippen LogP) is 3.67. The molecule has 0 bridgehead atoms. The van der Waals surface area contributed by atoms with Crippen LogP contribution in [0.4, 0.5) is 0 Å². The van der Waals surface area contributed by atoms with Gasteiger partial charge in [-0.25, -0.2) is 0 Å². The third-order valence-electron chi connectivity index (χ3n) is 3.46. The smallest absolute Gasteiger partial charge is 0.0692 e. The molecule has 76 valence electrons. The lowest BCUT2D eigenvalue weighted by Crippen LogP contribution is -2.24. The third kappa shape index (κ3) is 2.07. The number of rotatable bonds is 6. The fourth-order valence-electron chi connectivity index (χ4n) is 2.46. The summed E-state index contributed by atoms with van der Waals surface area (Å²) in [4.78, 5) is 0. The van der Waals surface area contributed by atoms with E-state index in [4.69, 9.17) is 4.74 Å². The molecular weight excluding hydrogens is 160 g/mol. The van der Waals surface area contributed by atoms with E-state index in [1.807, 2.05) is 0 Å². The Morgan fingerprint density at radius 1 is 0.846 bits per heavy atom. The van der Waals surface area contributed by atoms with Crippen LogP contribution in [0.5, 0.6) is 0 Å². The largest absolute Gasteiger partial charge is 0.369 e. The van der Waals surface area contributed by atoms with Crippen molar-refractivity contribution in [3.8, 4) is 0 Å².